The first-order chi connectivity index (χ1) is 12.4. The van der Waals surface area contributed by atoms with E-state index in [4.69, 9.17) is 0 Å². The van der Waals surface area contributed by atoms with Crippen molar-refractivity contribution < 1.29 is 14.4 Å². The minimum atomic E-state index is -0.199. The number of ketones is 1. The monoisotopic (exact) mass is 352 g/mol. The third-order valence-corrected chi connectivity index (χ3v) is 4.00. The average molecular weight is 352 g/mol. The number of amides is 2. The summed E-state index contributed by atoms with van der Waals surface area (Å²) in [6.07, 6.45) is 0. The zero-order valence-electron chi connectivity index (χ0n) is 15.3. The molecule has 2 aromatic rings. The van der Waals surface area contributed by atoms with Gasteiger partial charge in [-0.25, -0.2) is 0 Å². The topological polar surface area (TPSA) is 75.3 Å². The van der Waals surface area contributed by atoms with Gasteiger partial charge in [0.15, 0.2) is 5.78 Å². The van der Waals surface area contributed by atoms with Gasteiger partial charge < -0.3 is 10.6 Å². The maximum atomic E-state index is 12.2. The minimum absolute atomic E-state index is 0.00543. The quantitative estimate of drug-likeness (QED) is 0.594. The van der Waals surface area contributed by atoms with Crippen LogP contribution in [-0.2, 0) is 4.79 Å². The molecule has 0 spiro atoms. The van der Waals surface area contributed by atoms with E-state index in [0.29, 0.717) is 24.2 Å². The molecule has 2 rings (SSSR count). The molecule has 5 heteroatoms. The highest BCUT2D eigenvalue weighted by Gasteiger charge is 2.10. The van der Waals surface area contributed by atoms with Crippen LogP contribution in [0.1, 0.15) is 41.5 Å². The van der Waals surface area contributed by atoms with Crippen LogP contribution in [0.2, 0.25) is 0 Å². The van der Waals surface area contributed by atoms with Gasteiger partial charge in [0.1, 0.15) is 0 Å². The lowest BCUT2D eigenvalue weighted by molar-refractivity contribution is -0.123. The summed E-state index contributed by atoms with van der Waals surface area (Å²) < 4.78 is 0. The van der Waals surface area contributed by atoms with E-state index in [2.05, 4.69) is 10.6 Å². The molecular formula is C21H24N2O3. The zero-order valence-corrected chi connectivity index (χ0v) is 15.3. The number of carbonyl (C=O) groups is 3. The first-order valence-corrected chi connectivity index (χ1v) is 8.66. The number of carbonyl (C=O) groups excluding carboxylic acids is 3. The Balaban J connectivity index is 1.98. The van der Waals surface area contributed by atoms with Gasteiger partial charge in [0, 0.05) is 30.1 Å². The molecule has 26 heavy (non-hydrogen) atoms. The molecule has 0 unspecified atom stereocenters. The van der Waals surface area contributed by atoms with Crippen molar-refractivity contribution in [3.63, 3.8) is 0 Å². The van der Waals surface area contributed by atoms with E-state index in [1.54, 1.807) is 25.1 Å². The Morgan fingerprint density at radius 2 is 1.50 bits per heavy atom. The minimum Gasteiger partial charge on any atom is -0.354 e. The Hall–Kier alpha value is -2.95. The fourth-order valence-corrected chi connectivity index (χ4v) is 2.51. The summed E-state index contributed by atoms with van der Waals surface area (Å²) in [6.45, 7) is 5.94. The van der Waals surface area contributed by atoms with Gasteiger partial charge in [-0.15, -0.1) is 0 Å². The molecule has 0 radical (unpaired) electrons. The predicted octanol–water partition coefficient (Wildman–Crippen LogP) is 3.06. The molecule has 2 aromatic carbocycles. The summed E-state index contributed by atoms with van der Waals surface area (Å²) in [5.41, 5.74) is 2.93. The summed E-state index contributed by atoms with van der Waals surface area (Å²) in [5.74, 6) is -0.301. The van der Waals surface area contributed by atoms with Gasteiger partial charge in [-0.2, -0.15) is 0 Å². The molecule has 0 bridgehead atoms. The molecular weight excluding hydrogens is 328 g/mol. The molecule has 0 aliphatic rings. The first kappa shape index (κ1) is 19.4. The fourth-order valence-electron chi connectivity index (χ4n) is 2.51. The van der Waals surface area contributed by atoms with Gasteiger partial charge in [-0.3, -0.25) is 14.4 Å². The molecule has 5 nitrogen and oxygen atoms in total. The van der Waals surface area contributed by atoms with Crippen LogP contribution in [0.5, 0.6) is 0 Å². The highest BCUT2D eigenvalue weighted by molar-refractivity contribution is 6.01. The first-order valence-electron chi connectivity index (χ1n) is 8.66. The van der Waals surface area contributed by atoms with Crippen molar-refractivity contribution in [2.45, 2.75) is 20.8 Å². The van der Waals surface area contributed by atoms with Crippen molar-refractivity contribution in [1.29, 1.82) is 0 Å². The van der Waals surface area contributed by atoms with E-state index in [-0.39, 0.29) is 23.5 Å². The third kappa shape index (κ3) is 5.02. The molecule has 0 fully saturated rings. The van der Waals surface area contributed by atoms with Gasteiger partial charge >= 0.3 is 0 Å². The molecule has 0 aromatic heterocycles. The standard InChI is InChI=1S/C21H24N2O3/c1-14(2)20(25)22-12-13-23-21(26)17-10-8-16(9-11-17)19-7-5-4-6-18(19)15(3)24/h4-11,14H,12-13H2,1-3H3,(H,22,25)(H,23,26). The van der Waals surface area contributed by atoms with E-state index in [0.717, 1.165) is 11.1 Å². The summed E-state index contributed by atoms with van der Waals surface area (Å²) in [6, 6.07) is 14.5. The van der Waals surface area contributed by atoms with Crippen molar-refractivity contribution in [3.8, 4) is 11.1 Å². The number of benzene rings is 2. The van der Waals surface area contributed by atoms with Crippen LogP contribution in [0.4, 0.5) is 0 Å². The molecule has 0 aliphatic carbocycles. The highest BCUT2D eigenvalue weighted by Crippen LogP contribution is 2.24. The number of hydrogen-bond acceptors (Lipinski definition) is 3. The van der Waals surface area contributed by atoms with Crippen molar-refractivity contribution in [1.82, 2.24) is 10.6 Å². The molecule has 2 amide bonds. The number of rotatable bonds is 7. The Bertz CT molecular complexity index is 795. The van der Waals surface area contributed by atoms with Crippen LogP contribution in [0, 0.1) is 5.92 Å². The van der Waals surface area contributed by atoms with Crippen molar-refractivity contribution in [2.75, 3.05) is 13.1 Å². The number of Topliss-reactive ketones (excluding diaryl/α,β-unsaturated/α-hetero) is 1. The molecule has 0 atom stereocenters. The molecule has 0 saturated heterocycles. The molecule has 0 saturated carbocycles. The van der Waals surface area contributed by atoms with Crippen molar-refractivity contribution in [3.05, 3.63) is 59.7 Å². The Kier molecular flexibility index (Phi) is 6.67. The SMILES string of the molecule is CC(=O)c1ccccc1-c1ccc(C(=O)NCCNC(=O)C(C)C)cc1. The van der Waals surface area contributed by atoms with Gasteiger partial charge in [-0.05, 0) is 30.2 Å². The Morgan fingerprint density at radius 3 is 2.12 bits per heavy atom. The third-order valence-electron chi connectivity index (χ3n) is 4.00. The lowest BCUT2D eigenvalue weighted by Gasteiger charge is -2.10. The fraction of sp³-hybridized carbons (Fsp3) is 0.286. The number of hydrogen-bond donors (Lipinski definition) is 2. The summed E-state index contributed by atoms with van der Waals surface area (Å²) in [5, 5.41) is 5.53. The van der Waals surface area contributed by atoms with Gasteiger partial charge in [0.25, 0.3) is 5.91 Å². The van der Waals surface area contributed by atoms with Crippen molar-refractivity contribution >= 4 is 17.6 Å². The summed E-state index contributed by atoms with van der Waals surface area (Å²) in [7, 11) is 0. The number of nitrogens with one attached hydrogen (secondary N) is 2. The van der Waals surface area contributed by atoms with Gasteiger partial charge in [0.2, 0.25) is 5.91 Å². The van der Waals surface area contributed by atoms with E-state index in [1.165, 1.54) is 0 Å². The normalized spacial score (nSPS) is 10.5. The summed E-state index contributed by atoms with van der Waals surface area (Å²) >= 11 is 0. The van der Waals surface area contributed by atoms with Crippen LogP contribution >= 0.6 is 0 Å². The Labute approximate surface area is 153 Å². The van der Waals surface area contributed by atoms with E-state index >= 15 is 0 Å². The van der Waals surface area contributed by atoms with E-state index in [1.807, 2.05) is 44.2 Å². The maximum Gasteiger partial charge on any atom is 0.251 e. The second kappa shape index (κ2) is 8.94. The van der Waals surface area contributed by atoms with E-state index in [9.17, 15) is 14.4 Å². The smallest absolute Gasteiger partial charge is 0.251 e. The second-order valence-corrected chi connectivity index (χ2v) is 6.38. The molecule has 136 valence electrons. The largest absolute Gasteiger partial charge is 0.354 e. The van der Waals surface area contributed by atoms with Crippen LogP contribution in [0.25, 0.3) is 11.1 Å². The lowest BCUT2D eigenvalue weighted by atomic mass is 9.97. The van der Waals surface area contributed by atoms with Crippen LogP contribution in [0.15, 0.2) is 48.5 Å². The lowest BCUT2D eigenvalue weighted by Crippen LogP contribution is -2.36. The predicted molar refractivity (Wildman–Crippen MR) is 102 cm³/mol. The molecule has 0 aliphatic heterocycles. The second-order valence-electron chi connectivity index (χ2n) is 6.38. The van der Waals surface area contributed by atoms with Gasteiger partial charge in [0.05, 0.1) is 0 Å². The van der Waals surface area contributed by atoms with E-state index < -0.39 is 0 Å². The van der Waals surface area contributed by atoms with Gasteiger partial charge in [-0.1, -0.05) is 50.2 Å². The van der Waals surface area contributed by atoms with Crippen LogP contribution < -0.4 is 10.6 Å². The van der Waals surface area contributed by atoms with Crippen LogP contribution in [-0.4, -0.2) is 30.7 Å². The maximum absolute atomic E-state index is 12.2. The molecule has 0 heterocycles. The highest BCUT2D eigenvalue weighted by atomic mass is 16.2. The van der Waals surface area contributed by atoms with Crippen molar-refractivity contribution in [2.24, 2.45) is 5.92 Å². The summed E-state index contributed by atoms with van der Waals surface area (Å²) in [4.78, 5) is 35.4. The Morgan fingerprint density at radius 1 is 0.885 bits per heavy atom. The van der Waals surface area contributed by atoms with Crippen LogP contribution in [0.3, 0.4) is 0 Å². The zero-order chi connectivity index (χ0) is 19.1. The molecule has 2 N–H and O–H groups in total. The average Bonchev–Trinajstić information content (AvgIpc) is 2.64.